The lowest BCUT2D eigenvalue weighted by atomic mass is 10.00. The summed E-state index contributed by atoms with van der Waals surface area (Å²) in [6.07, 6.45) is -1.11. The number of guanidine groups is 1. The second-order valence-corrected chi connectivity index (χ2v) is 6.74. The van der Waals surface area contributed by atoms with E-state index in [1.54, 1.807) is 49.2 Å². The Morgan fingerprint density at radius 2 is 1.97 bits per heavy atom. The molecule has 1 atom stereocenters. The summed E-state index contributed by atoms with van der Waals surface area (Å²) >= 11 is 0. The van der Waals surface area contributed by atoms with Crippen LogP contribution in [0.4, 0.5) is 13.2 Å². The van der Waals surface area contributed by atoms with Crippen molar-refractivity contribution in [2.24, 2.45) is 12.0 Å². The third-order valence-electron chi connectivity index (χ3n) is 4.04. The average Bonchev–Trinajstić information content (AvgIpc) is 3.10. The number of aromatic nitrogens is 2. The molecule has 0 saturated carbocycles. The molecule has 1 unspecified atom stereocenters. The summed E-state index contributed by atoms with van der Waals surface area (Å²) in [5, 5.41) is 20.8. The molecule has 2 aromatic rings. The fraction of sp³-hybridized carbons (Fsp3) is 0.474. The summed E-state index contributed by atoms with van der Waals surface area (Å²) in [5.41, 5.74) is -0.0136. The minimum Gasteiger partial charge on any atom is -0.484 e. The van der Waals surface area contributed by atoms with Crippen molar-refractivity contribution in [3.05, 3.63) is 47.8 Å². The van der Waals surface area contributed by atoms with Crippen LogP contribution < -0.4 is 15.4 Å². The van der Waals surface area contributed by atoms with Crippen LogP contribution in [0, 0.1) is 0 Å². The molecule has 11 heteroatoms. The molecule has 0 aliphatic rings. The van der Waals surface area contributed by atoms with Crippen molar-refractivity contribution >= 4 is 29.9 Å². The van der Waals surface area contributed by atoms with Crippen molar-refractivity contribution in [3.8, 4) is 5.75 Å². The Morgan fingerprint density at radius 3 is 2.57 bits per heavy atom. The first-order valence-electron chi connectivity index (χ1n) is 9.12. The summed E-state index contributed by atoms with van der Waals surface area (Å²) in [4.78, 5) is 4.39. The molecule has 1 aromatic carbocycles. The molecule has 30 heavy (non-hydrogen) atoms. The van der Waals surface area contributed by atoms with Crippen LogP contribution in [0.1, 0.15) is 25.0 Å². The first kappa shape index (κ1) is 26.0. The van der Waals surface area contributed by atoms with Crippen molar-refractivity contribution < 1.29 is 23.0 Å². The van der Waals surface area contributed by atoms with Gasteiger partial charge in [-0.2, -0.15) is 18.3 Å². The summed E-state index contributed by atoms with van der Waals surface area (Å²) in [6, 6.07) is 6.45. The monoisotopic (exact) mass is 541 g/mol. The number of nitrogens with one attached hydrogen (secondary N) is 2. The summed E-state index contributed by atoms with van der Waals surface area (Å²) in [5.74, 6) is 0.550. The summed E-state index contributed by atoms with van der Waals surface area (Å²) < 4.78 is 43.8. The number of rotatable bonds is 8. The van der Waals surface area contributed by atoms with E-state index in [0.29, 0.717) is 23.6 Å². The number of benzene rings is 1. The third kappa shape index (κ3) is 8.38. The lowest BCUT2D eigenvalue weighted by Gasteiger charge is -2.23. The molecule has 0 fully saturated rings. The fourth-order valence-electron chi connectivity index (χ4n) is 2.50. The number of nitrogens with zero attached hydrogens (tertiary/aromatic N) is 3. The number of aliphatic hydroxyl groups is 1. The zero-order valence-corrected chi connectivity index (χ0v) is 19.4. The van der Waals surface area contributed by atoms with E-state index < -0.39 is 18.4 Å². The number of para-hydroxylation sites is 1. The van der Waals surface area contributed by atoms with E-state index >= 15 is 0 Å². The Morgan fingerprint density at radius 1 is 1.27 bits per heavy atom. The van der Waals surface area contributed by atoms with E-state index in [0.717, 1.165) is 0 Å². The van der Waals surface area contributed by atoms with Crippen LogP contribution in [-0.2, 0) is 19.2 Å². The molecule has 168 valence electrons. The molecule has 2 rings (SSSR count). The topological polar surface area (TPSA) is 83.7 Å². The van der Waals surface area contributed by atoms with Crippen molar-refractivity contribution in [1.82, 2.24) is 20.4 Å². The summed E-state index contributed by atoms with van der Waals surface area (Å²) in [6.45, 7) is 3.03. The molecule has 0 amide bonds. The van der Waals surface area contributed by atoms with Gasteiger partial charge in [0.2, 0.25) is 0 Å². The maximum Gasteiger partial charge on any atom is 0.422 e. The SMILES string of the molecule is CCNC(=NCc1ccccc1OCC(F)(F)F)NCC(C)(O)c1cnn(C)c1.I. The molecule has 0 aliphatic carbocycles. The number of hydrogen-bond acceptors (Lipinski definition) is 4. The fourth-order valence-corrected chi connectivity index (χ4v) is 2.50. The van der Waals surface area contributed by atoms with Gasteiger partial charge in [-0.15, -0.1) is 24.0 Å². The lowest BCUT2D eigenvalue weighted by Crippen LogP contribution is -2.44. The molecule has 0 aliphatic heterocycles. The minimum atomic E-state index is -4.41. The quantitative estimate of drug-likeness (QED) is 0.272. The van der Waals surface area contributed by atoms with Gasteiger partial charge in [-0.05, 0) is 19.9 Å². The van der Waals surface area contributed by atoms with Crippen LogP contribution in [0.3, 0.4) is 0 Å². The minimum absolute atomic E-state index is 0. The highest BCUT2D eigenvalue weighted by atomic mass is 127. The number of halogens is 4. The van der Waals surface area contributed by atoms with Gasteiger partial charge in [0.1, 0.15) is 11.4 Å². The van der Waals surface area contributed by atoms with E-state index in [1.165, 1.54) is 6.07 Å². The van der Waals surface area contributed by atoms with Gasteiger partial charge in [-0.25, -0.2) is 4.99 Å². The van der Waals surface area contributed by atoms with Crippen LogP contribution in [0.5, 0.6) is 5.75 Å². The standard InChI is InChI=1S/C19H26F3N5O2.HI/c1-4-23-17(25-12-18(2,28)15-10-26-27(3)11-15)24-9-14-7-5-6-8-16(14)29-13-19(20,21)22;/h5-8,10-11,28H,4,9,12-13H2,1-3H3,(H2,23,24,25);1H. The van der Waals surface area contributed by atoms with Gasteiger partial charge >= 0.3 is 6.18 Å². The average molecular weight is 541 g/mol. The molecule has 0 saturated heterocycles. The van der Waals surface area contributed by atoms with E-state index in [9.17, 15) is 18.3 Å². The third-order valence-corrected chi connectivity index (χ3v) is 4.04. The van der Waals surface area contributed by atoms with Crippen molar-refractivity contribution in [3.63, 3.8) is 0 Å². The van der Waals surface area contributed by atoms with E-state index in [-0.39, 0.29) is 42.8 Å². The highest BCUT2D eigenvalue weighted by molar-refractivity contribution is 14.0. The highest BCUT2D eigenvalue weighted by Crippen LogP contribution is 2.23. The van der Waals surface area contributed by atoms with Crippen LogP contribution in [0.2, 0.25) is 0 Å². The molecule has 3 N–H and O–H groups in total. The predicted molar refractivity (Wildman–Crippen MR) is 119 cm³/mol. The van der Waals surface area contributed by atoms with E-state index in [4.69, 9.17) is 4.74 Å². The van der Waals surface area contributed by atoms with Gasteiger partial charge in [0.05, 0.1) is 19.3 Å². The van der Waals surface area contributed by atoms with Gasteiger partial charge in [0.25, 0.3) is 0 Å². The van der Waals surface area contributed by atoms with Crippen LogP contribution in [0.15, 0.2) is 41.7 Å². The molecule has 1 heterocycles. The van der Waals surface area contributed by atoms with Crippen LogP contribution in [-0.4, -0.2) is 46.7 Å². The number of ether oxygens (including phenoxy) is 1. The first-order chi connectivity index (χ1) is 13.6. The number of aliphatic imine (C=N–C) groups is 1. The van der Waals surface area contributed by atoms with Crippen molar-refractivity contribution in [2.45, 2.75) is 32.2 Å². The molecular weight excluding hydrogens is 514 g/mol. The second kappa shape index (κ2) is 11.4. The normalized spacial score (nSPS) is 13.9. The van der Waals surface area contributed by atoms with Gasteiger partial charge in [-0.1, -0.05) is 18.2 Å². The van der Waals surface area contributed by atoms with Crippen molar-refractivity contribution in [2.75, 3.05) is 19.7 Å². The molecular formula is C19H27F3IN5O2. The molecule has 7 nitrogen and oxygen atoms in total. The Labute approximate surface area is 190 Å². The smallest absolute Gasteiger partial charge is 0.422 e. The Balaban J connectivity index is 0.00000450. The Kier molecular flexibility index (Phi) is 9.88. The van der Waals surface area contributed by atoms with Crippen LogP contribution >= 0.6 is 24.0 Å². The molecule has 0 bridgehead atoms. The number of hydrogen-bond donors (Lipinski definition) is 3. The van der Waals surface area contributed by atoms with Gasteiger partial charge < -0.3 is 20.5 Å². The van der Waals surface area contributed by atoms with Gasteiger partial charge in [0.15, 0.2) is 12.6 Å². The number of alkyl halides is 3. The first-order valence-corrected chi connectivity index (χ1v) is 9.12. The zero-order chi connectivity index (χ0) is 21.5. The maximum absolute atomic E-state index is 12.4. The highest BCUT2D eigenvalue weighted by Gasteiger charge is 2.29. The van der Waals surface area contributed by atoms with Crippen molar-refractivity contribution in [1.29, 1.82) is 0 Å². The second-order valence-electron chi connectivity index (χ2n) is 6.74. The lowest BCUT2D eigenvalue weighted by molar-refractivity contribution is -0.153. The summed E-state index contributed by atoms with van der Waals surface area (Å²) in [7, 11) is 1.76. The molecule has 1 aromatic heterocycles. The number of aryl methyl sites for hydroxylation is 1. The van der Waals surface area contributed by atoms with Gasteiger partial charge in [0, 0.05) is 30.9 Å². The largest absolute Gasteiger partial charge is 0.484 e. The van der Waals surface area contributed by atoms with E-state index in [1.807, 2.05) is 6.92 Å². The predicted octanol–water partition coefficient (Wildman–Crippen LogP) is 2.94. The van der Waals surface area contributed by atoms with Gasteiger partial charge in [-0.3, -0.25) is 4.68 Å². The molecule has 0 spiro atoms. The molecule has 0 radical (unpaired) electrons. The Hall–Kier alpha value is -2.02. The van der Waals surface area contributed by atoms with E-state index in [2.05, 4.69) is 20.7 Å². The van der Waals surface area contributed by atoms with Crippen LogP contribution in [0.25, 0.3) is 0 Å². The maximum atomic E-state index is 12.4. The zero-order valence-electron chi connectivity index (χ0n) is 17.0. The Bertz CT molecular complexity index is 824.